The lowest BCUT2D eigenvalue weighted by Gasteiger charge is -2.18. The molecule has 0 bridgehead atoms. The molecule has 98 valence electrons. The second-order valence-corrected chi connectivity index (χ2v) is 4.91. The van der Waals surface area contributed by atoms with Crippen molar-refractivity contribution in [2.45, 2.75) is 38.1 Å². The normalized spacial score (nSPS) is 22.9. The fraction of sp³-hybridized carbons (Fsp3) is 0.571. The van der Waals surface area contributed by atoms with Crippen molar-refractivity contribution in [1.82, 2.24) is 10.3 Å². The van der Waals surface area contributed by atoms with E-state index in [0.29, 0.717) is 6.42 Å². The average molecular weight is 248 g/mol. The van der Waals surface area contributed by atoms with E-state index in [1.165, 1.54) is 0 Å². The van der Waals surface area contributed by atoms with E-state index in [4.69, 9.17) is 0 Å². The van der Waals surface area contributed by atoms with Gasteiger partial charge in [-0.15, -0.1) is 0 Å². The van der Waals surface area contributed by atoms with Gasteiger partial charge in [0.15, 0.2) is 0 Å². The predicted octanol–water partition coefficient (Wildman–Crippen LogP) is 1.29. The fourth-order valence-electron chi connectivity index (χ4n) is 2.53. The quantitative estimate of drug-likeness (QED) is 0.825. The van der Waals surface area contributed by atoms with Crippen LogP contribution in [-0.2, 0) is 11.2 Å². The van der Waals surface area contributed by atoms with Gasteiger partial charge in [-0.05, 0) is 30.9 Å². The van der Waals surface area contributed by atoms with Gasteiger partial charge in [0.2, 0.25) is 5.91 Å². The number of rotatable bonds is 5. The fourth-order valence-corrected chi connectivity index (χ4v) is 2.53. The van der Waals surface area contributed by atoms with Gasteiger partial charge in [-0.2, -0.15) is 0 Å². The van der Waals surface area contributed by atoms with Crippen molar-refractivity contribution in [3.63, 3.8) is 0 Å². The largest absolute Gasteiger partial charge is 0.396 e. The van der Waals surface area contributed by atoms with Crippen LogP contribution < -0.4 is 5.32 Å². The summed E-state index contributed by atoms with van der Waals surface area (Å²) in [5.41, 5.74) is 1.08. The number of amides is 1. The summed E-state index contributed by atoms with van der Waals surface area (Å²) in [6, 6.07) is 4.02. The van der Waals surface area contributed by atoms with E-state index in [0.717, 1.165) is 31.2 Å². The number of carbonyl (C=O) groups is 1. The zero-order valence-corrected chi connectivity index (χ0v) is 10.5. The molecule has 1 aliphatic rings. The Morgan fingerprint density at radius 2 is 2.39 bits per heavy atom. The maximum absolute atomic E-state index is 11.8. The van der Waals surface area contributed by atoms with Crippen LogP contribution >= 0.6 is 0 Å². The van der Waals surface area contributed by atoms with Gasteiger partial charge in [-0.3, -0.25) is 9.78 Å². The topological polar surface area (TPSA) is 62.2 Å². The van der Waals surface area contributed by atoms with E-state index in [2.05, 4.69) is 10.3 Å². The molecule has 2 unspecified atom stereocenters. The van der Waals surface area contributed by atoms with Crippen LogP contribution in [0, 0.1) is 5.92 Å². The lowest BCUT2D eigenvalue weighted by atomic mass is 10.0. The van der Waals surface area contributed by atoms with Crippen LogP contribution in [0.4, 0.5) is 0 Å². The lowest BCUT2D eigenvalue weighted by Crippen LogP contribution is -2.38. The first-order chi connectivity index (χ1) is 8.79. The van der Waals surface area contributed by atoms with Crippen molar-refractivity contribution in [2.24, 2.45) is 5.92 Å². The molecule has 1 fully saturated rings. The van der Waals surface area contributed by atoms with Crippen molar-refractivity contribution >= 4 is 5.91 Å². The van der Waals surface area contributed by atoms with E-state index in [1.807, 2.05) is 12.1 Å². The molecule has 1 saturated carbocycles. The molecule has 4 nitrogen and oxygen atoms in total. The lowest BCUT2D eigenvalue weighted by molar-refractivity contribution is -0.122. The van der Waals surface area contributed by atoms with Crippen molar-refractivity contribution in [3.05, 3.63) is 30.1 Å². The Labute approximate surface area is 107 Å². The number of nitrogens with one attached hydrogen (secondary N) is 1. The SMILES string of the molecule is O=C(CCc1cccnc1)NC1CCCC1CO. The molecule has 0 spiro atoms. The average Bonchev–Trinajstić information content (AvgIpc) is 2.85. The molecule has 1 heterocycles. The van der Waals surface area contributed by atoms with Crippen molar-refractivity contribution in [2.75, 3.05) is 6.61 Å². The maximum atomic E-state index is 11.8. The summed E-state index contributed by atoms with van der Waals surface area (Å²) in [4.78, 5) is 15.8. The van der Waals surface area contributed by atoms with Crippen LogP contribution in [0.5, 0.6) is 0 Å². The number of carbonyl (C=O) groups excluding carboxylic acids is 1. The summed E-state index contributed by atoms with van der Waals surface area (Å²) in [6.07, 6.45) is 7.83. The number of hydrogen-bond donors (Lipinski definition) is 2. The first kappa shape index (κ1) is 13.0. The molecule has 0 aromatic carbocycles. The molecule has 18 heavy (non-hydrogen) atoms. The predicted molar refractivity (Wildman–Crippen MR) is 68.9 cm³/mol. The molecule has 2 rings (SSSR count). The van der Waals surface area contributed by atoms with Crippen LogP contribution in [0.15, 0.2) is 24.5 Å². The highest BCUT2D eigenvalue weighted by Crippen LogP contribution is 2.25. The zero-order valence-electron chi connectivity index (χ0n) is 10.5. The van der Waals surface area contributed by atoms with E-state index < -0.39 is 0 Å². The van der Waals surface area contributed by atoms with Gasteiger partial charge in [-0.1, -0.05) is 12.5 Å². The minimum absolute atomic E-state index is 0.0733. The molecule has 1 aromatic heterocycles. The highest BCUT2D eigenvalue weighted by atomic mass is 16.3. The zero-order chi connectivity index (χ0) is 12.8. The summed E-state index contributed by atoms with van der Waals surface area (Å²) in [5, 5.41) is 12.2. The highest BCUT2D eigenvalue weighted by molar-refractivity contribution is 5.76. The summed E-state index contributed by atoms with van der Waals surface area (Å²) >= 11 is 0. The molecule has 2 N–H and O–H groups in total. The molecular formula is C14H20N2O2. The molecule has 4 heteroatoms. The Balaban J connectivity index is 1.75. The number of pyridine rings is 1. The Bertz CT molecular complexity index is 381. The Hall–Kier alpha value is -1.42. The first-order valence-electron chi connectivity index (χ1n) is 6.58. The summed E-state index contributed by atoms with van der Waals surface area (Å²) in [6.45, 7) is 0.174. The van der Waals surface area contributed by atoms with Crippen molar-refractivity contribution in [1.29, 1.82) is 0 Å². The van der Waals surface area contributed by atoms with Gasteiger partial charge in [0.05, 0.1) is 0 Å². The smallest absolute Gasteiger partial charge is 0.220 e. The van der Waals surface area contributed by atoms with Crippen LogP contribution in [0.3, 0.4) is 0 Å². The van der Waals surface area contributed by atoms with E-state index in [9.17, 15) is 9.90 Å². The summed E-state index contributed by atoms with van der Waals surface area (Å²) in [5.74, 6) is 0.316. The standard InChI is InChI=1S/C14H20N2O2/c17-10-12-4-1-5-13(12)16-14(18)7-6-11-3-2-8-15-9-11/h2-3,8-9,12-13,17H,1,4-7,10H2,(H,16,18). The van der Waals surface area contributed by atoms with Gasteiger partial charge >= 0.3 is 0 Å². The van der Waals surface area contributed by atoms with E-state index >= 15 is 0 Å². The second-order valence-electron chi connectivity index (χ2n) is 4.91. The molecule has 0 radical (unpaired) electrons. The molecule has 1 aliphatic carbocycles. The van der Waals surface area contributed by atoms with Crippen molar-refractivity contribution < 1.29 is 9.90 Å². The summed E-state index contributed by atoms with van der Waals surface area (Å²) < 4.78 is 0. The molecule has 0 saturated heterocycles. The maximum Gasteiger partial charge on any atom is 0.220 e. The van der Waals surface area contributed by atoms with Crippen LogP contribution in [0.2, 0.25) is 0 Å². The third-order valence-electron chi connectivity index (χ3n) is 3.60. The van der Waals surface area contributed by atoms with Crippen LogP contribution in [0.25, 0.3) is 0 Å². The Morgan fingerprint density at radius 1 is 1.50 bits per heavy atom. The van der Waals surface area contributed by atoms with E-state index in [1.54, 1.807) is 12.4 Å². The third-order valence-corrected chi connectivity index (χ3v) is 3.60. The van der Waals surface area contributed by atoms with Crippen molar-refractivity contribution in [3.8, 4) is 0 Å². The third kappa shape index (κ3) is 3.53. The number of nitrogens with zero attached hydrogens (tertiary/aromatic N) is 1. The minimum atomic E-state index is 0.0733. The second kappa shape index (κ2) is 6.50. The van der Waals surface area contributed by atoms with Gasteiger partial charge in [0.1, 0.15) is 0 Å². The number of aliphatic hydroxyl groups excluding tert-OH is 1. The molecule has 1 amide bonds. The number of aryl methyl sites for hydroxylation is 1. The van der Waals surface area contributed by atoms with Gasteiger partial charge in [-0.25, -0.2) is 0 Å². The highest BCUT2D eigenvalue weighted by Gasteiger charge is 2.27. The van der Waals surface area contributed by atoms with Crippen LogP contribution in [-0.4, -0.2) is 28.6 Å². The molecule has 0 aliphatic heterocycles. The molecular weight excluding hydrogens is 228 g/mol. The monoisotopic (exact) mass is 248 g/mol. The Kier molecular flexibility index (Phi) is 4.70. The van der Waals surface area contributed by atoms with E-state index in [-0.39, 0.29) is 24.5 Å². The van der Waals surface area contributed by atoms with Gasteiger partial charge < -0.3 is 10.4 Å². The molecule has 1 aromatic rings. The van der Waals surface area contributed by atoms with Gasteiger partial charge in [0.25, 0.3) is 0 Å². The first-order valence-corrected chi connectivity index (χ1v) is 6.58. The number of aliphatic hydroxyl groups is 1. The van der Waals surface area contributed by atoms with Crippen LogP contribution in [0.1, 0.15) is 31.2 Å². The number of aromatic nitrogens is 1. The molecule has 2 atom stereocenters. The number of hydrogen-bond acceptors (Lipinski definition) is 3. The van der Waals surface area contributed by atoms with Gasteiger partial charge in [0, 0.05) is 37.4 Å². The summed E-state index contributed by atoms with van der Waals surface area (Å²) in [7, 11) is 0. The minimum Gasteiger partial charge on any atom is -0.396 e. The Morgan fingerprint density at radius 3 is 3.11 bits per heavy atom.